The van der Waals surface area contributed by atoms with Gasteiger partial charge in [0.25, 0.3) is 0 Å². The Bertz CT molecular complexity index is 784. The van der Waals surface area contributed by atoms with Crippen LogP contribution in [0.2, 0.25) is 0 Å². The highest BCUT2D eigenvalue weighted by atomic mass is 19.4. The first-order chi connectivity index (χ1) is 13.9. The van der Waals surface area contributed by atoms with Crippen LogP contribution in [-0.2, 0) is 6.18 Å². The lowest BCUT2D eigenvalue weighted by molar-refractivity contribution is -0.137. The molecule has 1 aliphatic heterocycles. The maximum atomic E-state index is 12.9. The first kappa shape index (κ1) is 21.1. The Hall–Kier alpha value is -2.61. The van der Waals surface area contributed by atoms with Gasteiger partial charge in [0, 0.05) is 38.4 Å². The summed E-state index contributed by atoms with van der Waals surface area (Å²) in [6.45, 7) is 4.00. The van der Waals surface area contributed by atoms with Gasteiger partial charge in [-0.15, -0.1) is 0 Å². The van der Waals surface area contributed by atoms with Crippen LogP contribution in [0.3, 0.4) is 0 Å². The Morgan fingerprint density at radius 1 is 0.897 bits per heavy atom. The third kappa shape index (κ3) is 5.26. The van der Waals surface area contributed by atoms with Crippen LogP contribution in [0.1, 0.15) is 5.56 Å². The first-order valence-corrected chi connectivity index (χ1v) is 9.40. The molecule has 5 nitrogen and oxygen atoms in total. The first-order valence-electron chi connectivity index (χ1n) is 9.40. The lowest BCUT2D eigenvalue weighted by Crippen LogP contribution is -2.47. The van der Waals surface area contributed by atoms with Crippen molar-refractivity contribution in [3.63, 3.8) is 0 Å². The molecule has 0 N–H and O–H groups in total. The van der Waals surface area contributed by atoms with Crippen molar-refractivity contribution < 1.29 is 27.4 Å². The molecule has 0 bridgehead atoms. The summed E-state index contributed by atoms with van der Waals surface area (Å²) < 4.78 is 55.3. The van der Waals surface area contributed by atoms with Gasteiger partial charge < -0.3 is 19.1 Å². The van der Waals surface area contributed by atoms with Crippen molar-refractivity contribution in [1.29, 1.82) is 0 Å². The van der Waals surface area contributed by atoms with Crippen LogP contribution < -0.4 is 19.1 Å². The van der Waals surface area contributed by atoms with Crippen molar-refractivity contribution in [2.75, 3.05) is 58.5 Å². The number of rotatable bonds is 7. The summed E-state index contributed by atoms with van der Waals surface area (Å²) in [4.78, 5) is 4.21. The van der Waals surface area contributed by atoms with Gasteiger partial charge >= 0.3 is 6.18 Å². The van der Waals surface area contributed by atoms with Gasteiger partial charge in [0.1, 0.15) is 6.61 Å². The Balaban J connectivity index is 1.51. The van der Waals surface area contributed by atoms with Gasteiger partial charge in [-0.05, 0) is 30.3 Å². The van der Waals surface area contributed by atoms with E-state index in [1.54, 1.807) is 20.3 Å². The highest BCUT2D eigenvalue weighted by molar-refractivity contribution is 5.51. The van der Waals surface area contributed by atoms with Crippen molar-refractivity contribution in [3.05, 3.63) is 48.0 Å². The van der Waals surface area contributed by atoms with E-state index < -0.39 is 11.7 Å². The number of piperazine rings is 1. The van der Waals surface area contributed by atoms with E-state index in [1.165, 1.54) is 12.1 Å². The molecular formula is C21H25F3N2O3. The second kappa shape index (κ2) is 9.26. The smallest absolute Gasteiger partial charge is 0.416 e. The van der Waals surface area contributed by atoms with E-state index in [-0.39, 0.29) is 0 Å². The largest absolute Gasteiger partial charge is 0.493 e. The SMILES string of the molecule is COc1cccc(OC)c1OCCN1CCN(c2cccc(C(F)(F)F)c2)CC1. The fourth-order valence-corrected chi connectivity index (χ4v) is 3.34. The molecule has 2 aromatic carbocycles. The van der Waals surface area contributed by atoms with Crippen LogP contribution in [0.4, 0.5) is 18.9 Å². The van der Waals surface area contributed by atoms with Crippen LogP contribution in [0.15, 0.2) is 42.5 Å². The zero-order valence-electron chi connectivity index (χ0n) is 16.5. The van der Waals surface area contributed by atoms with Gasteiger partial charge in [-0.2, -0.15) is 13.2 Å². The van der Waals surface area contributed by atoms with Crippen molar-refractivity contribution in [2.24, 2.45) is 0 Å². The fourth-order valence-electron chi connectivity index (χ4n) is 3.34. The number of anilines is 1. The standard InChI is InChI=1S/C21H25F3N2O3/c1-27-18-7-4-8-19(28-2)20(18)29-14-13-25-9-11-26(12-10-25)17-6-3-5-16(15-17)21(22,23)24/h3-8,15H,9-14H2,1-2H3. The molecule has 2 aromatic rings. The monoisotopic (exact) mass is 410 g/mol. The number of nitrogens with zero attached hydrogens (tertiary/aromatic N) is 2. The minimum absolute atomic E-state index is 0.459. The number of benzene rings is 2. The Labute approximate surface area is 168 Å². The van der Waals surface area contributed by atoms with Gasteiger partial charge in [-0.3, -0.25) is 4.90 Å². The van der Waals surface area contributed by atoms with Crippen molar-refractivity contribution >= 4 is 5.69 Å². The molecule has 3 rings (SSSR count). The van der Waals surface area contributed by atoms with Crippen LogP contribution in [-0.4, -0.2) is 58.5 Å². The predicted molar refractivity (Wildman–Crippen MR) is 105 cm³/mol. The average molecular weight is 410 g/mol. The molecule has 0 unspecified atom stereocenters. The highest BCUT2D eigenvalue weighted by Gasteiger charge is 2.31. The van der Waals surface area contributed by atoms with Crippen LogP contribution in [0.5, 0.6) is 17.2 Å². The van der Waals surface area contributed by atoms with Crippen molar-refractivity contribution in [3.8, 4) is 17.2 Å². The molecule has 0 spiro atoms. The average Bonchev–Trinajstić information content (AvgIpc) is 2.73. The van der Waals surface area contributed by atoms with E-state index in [1.807, 2.05) is 23.1 Å². The Morgan fingerprint density at radius 3 is 2.10 bits per heavy atom. The zero-order valence-corrected chi connectivity index (χ0v) is 16.5. The van der Waals surface area contributed by atoms with E-state index in [2.05, 4.69) is 4.90 Å². The van der Waals surface area contributed by atoms with Gasteiger partial charge in [0.05, 0.1) is 19.8 Å². The summed E-state index contributed by atoms with van der Waals surface area (Å²) in [7, 11) is 3.16. The summed E-state index contributed by atoms with van der Waals surface area (Å²) in [5.41, 5.74) is -0.00827. The van der Waals surface area contributed by atoms with Gasteiger partial charge in [0.2, 0.25) is 5.75 Å². The minimum Gasteiger partial charge on any atom is -0.493 e. The molecule has 158 valence electrons. The molecule has 1 fully saturated rings. The summed E-state index contributed by atoms with van der Waals surface area (Å²) in [6.07, 6.45) is -4.32. The van der Waals surface area contributed by atoms with E-state index in [0.717, 1.165) is 19.2 Å². The summed E-state index contributed by atoms with van der Waals surface area (Å²) >= 11 is 0. The van der Waals surface area contributed by atoms with Crippen molar-refractivity contribution in [2.45, 2.75) is 6.18 Å². The Morgan fingerprint density at radius 2 is 1.52 bits per heavy atom. The molecular weight excluding hydrogens is 385 g/mol. The summed E-state index contributed by atoms with van der Waals surface area (Å²) in [5, 5.41) is 0. The Kier molecular flexibility index (Phi) is 6.74. The second-order valence-electron chi connectivity index (χ2n) is 6.72. The molecule has 0 aliphatic carbocycles. The van der Waals surface area contributed by atoms with Gasteiger partial charge in [-0.1, -0.05) is 12.1 Å². The molecule has 0 saturated carbocycles. The predicted octanol–water partition coefficient (Wildman–Crippen LogP) is 3.92. The number of hydrogen-bond acceptors (Lipinski definition) is 5. The van der Waals surface area contributed by atoms with Crippen molar-refractivity contribution in [1.82, 2.24) is 4.90 Å². The molecule has 1 saturated heterocycles. The quantitative estimate of drug-likeness (QED) is 0.691. The molecule has 29 heavy (non-hydrogen) atoms. The molecule has 0 aromatic heterocycles. The molecule has 8 heteroatoms. The number of ether oxygens (including phenoxy) is 3. The minimum atomic E-state index is -4.32. The zero-order chi connectivity index (χ0) is 20.9. The molecule has 0 amide bonds. The van der Waals surface area contributed by atoms with Gasteiger partial charge in [-0.25, -0.2) is 0 Å². The summed E-state index contributed by atoms with van der Waals surface area (Å²) in [6, 6.07) is 11.0. The molecule has 1 heterocycles. The number of hydrogen-bond donors (Lipinski definition) is 0. The third-order valence-corrected chi connectivity index (χ3v) is 4.95. The van der Waals surface area contributed by atoms with E-state index >= 15 is 0 Å². The second-order valence-corrected chi connectivity index (χ2v) is 6.72. The number of para-hydroxylation sites is 1. The van der Waals surface area contributed by atoms with E-state index in [0.29, 0.717) is 49.2 Å². The third-order valence-electron chi connectivity index (χ3n) is 4.95. The van der Waals surface area contributed by atoms with Gasteiger partial charge in [0.15, 0.2) is 11.5 Å². The van der Waals surface area contributed by atoms with E-state index in [9.17, 15) is 13.2 Å². The molecule has 0 radical (unpaired) electrons. The normalized spacial score (nSPS) is 15.3. The number of halogens is 3. The topological polar surface area (TPSA) is 34.2 Å². The van der Waals surface area contributed by atoms with Crippen LogP contribution in [0, 0.1) is 0 Å². The van der Waals surface area contributed by atoms with Crippen LogP contribution in [0.25, 0.3) is 0 Å². The van der Waals surface area contributed by atoms with E-state index in [4.69, 9.17) is 14.2 Å². The number of alkyl halides is 3. The maximum Gasteiger partial charge on any atom is 0.416 e. The lowest BCUT2D eigenvalue weighted by Gasteiger charge is -2.36. The molecule has 0 atom stereocenters. The lowest BCUT2D eigenvalue weighted by atomic mass is 10.1. The summed E-state index contributed by atoms with van der Waals surface area (Å²) in [5.74, 6) is 1.79. The molecule has 1 aliphatic rings. The highest BCUT2D eigenvalue weighted by Crippen LogP contribution is 2.36. The number of methoxy groups -OCH3 is 2. The fraction of sp³-hybridized carbons (Fsp3) is 0.429. The maximum absolute atomic E-state index is 12.9. The van der Waals surface area contributed by atoms with Crippen LogP contribution >= 0.6 is 0 Å².